The predicted octanol–water partition coefficient (Wildman–Crippen LogP) is 2.54. The van der Waals surface area contributed by atoms with Gasteiger partial charge < -0.3 is 4.90 Å². The number of carbonyl (C=O) groups excluding carboxylic acids is 1. The van der Waals surface area contributed by atoms with E-state index >= 15 is 0 Å². The van der Waals surface area contributed by atoms with Gasteiger partial charge >= 0.3 is 0 Å². The molecule has 6 nitrogen and oxygen atoms in total. The lowest BCUT2D eigenvalue weighted by molar-refractivity contribution is -0.137. The number of hydrogen-bond acceptors (Lipinski definition) is 4. The van der Waals surface area contributed by atoms with Crippen LogP contribution in [-0.4, -0.2) is 50.5 Å². The Labute approximate surface area is 149 Å². The molecular formula is C19H27N5O. The van der Waals surface area contributed by atoms with Crippen molar-refractivity contribution in [3.63, 3.8) is 0 Å². The van der Waals surface area contributed by atoms with Crippen LogP contribution in [0.5, 0.6) is 0 Å². The maximum atomic E-state index is 12.7. The molecule has 0 bridgehead atoms. The second kappa shape index (κ2) is 7.78. The Balaban J connectivity index is 1.77. The molecular weight excluding hydrogens is 314 g/mol. The van der Waals surface area contributed by atoms with Crippen LogP contribution in [0.4, 0.5) is 0 Å². The summed E-state index contributed by atoms with van der Waals surface area (Å²) >= 11 is 0. The van der Waals surface area contributed by atoms with Crippen LogP contribution in [0, 0.1) is 12.8 Å². The zero-order valence-corrected chi connectivity index (χ0v) is 15.3. The second-order valence-electron chi connectivity index (χ2n) is 7.03. The lowest BCUT2D eigenvalue weighted by Gasteiger charge is -2.29. The predicted molar refractivity (Wildman–Crippen MR) is 96.7 cm³/mol. The molecule has 0 radical (unpaired) electrons. The minimum Gasteiger partial charge on any atom is -0.331 e. The van der Waals surface area contributed by atoms with Crippen LogP contribution in [0.3, 0.4) is 0 Å². The first-order chi connectivity index (χ1) is 12.0. The van der Waals surface area contributed by atoms with Crippen molar-refractivity contribution in [3.8, 4) is 0 Å². The highest BCUT2D eigenvalue weighted by Crippen LogP contribution is 2.26. The summed E-state index contributed by atoms with van der Waals surface area (Å²) in [7, 11) is 0. The van der Waals surface area contributed by atoms with Crippen molar-refractivity contribution < 1.29 is 4.79 Å². The van der Waals surface area contributed by atoms with Gasteiger partial charge in [-0.3, -0.25) is 14.8 Å². The molecule has 1 N–H and O–H groups in total. The molecule has 3 rings (SSSR count). The molecule has 1 aliphatic heterocycles. The number of aromatic nitrogens is 3. The fourth-order valence-corrected chi connectivity index (χ4v) is 3.35. The molecule has 1 fully saturated rings. The first kappa shape index (κ1) is 17.6. The Morgan fingerprint density at radius 1 is 1.24 bits per heavy atom. The summed E-state index contributed by atoms with van der Waals surface area (Å²) in [6.45, 7) is 9.21. The molecule has 2 aromatic rings. The lowest BCUT2D eigenvalue weighted by Crippen LogP contribution is -2.39. The van der Waals surface area contributed by atoms with E-state index in [0.717, 1.165) is 37.7 Å². The van der Waals surface area contributed by atoms with Crippen molar-refractivity contribution in [1.82, 2.24) is 25.0 Å². The third kappa shape index (κ3) is 4.25. The number of carbonyl (C=O) groups is 1. The number of nitrogens with one attached hydrogen (secondary N) is 1. The third-order valence-electron chi connectivity index (χ3n) is 4.69. The standard InChI is InChI=1S/C19H27N5O/c1-14(2)19(25)24-12-11-23(13-16-7-5-4-6-8-16)10-9-17(24)18-20-15(3)21-22-18/h4-8,14,17H,9-13H2,1-3H3,(H,20,21,22). The first-order valence-corrected chi connectivity index (χ1v) is 9.00. The molecule has 134 valence electrons. The number of hydrogen-bond donors (Lipinski definition) is 1. The van der Waals surface area contributed by atoms with E-state index in [2.05, 4.69) is 44.3 Å². The Morgan fingerprint density at radius 3 is 2.64 bits per heavy atom. The summed E-state index contributed by atoms with van der Waals surface area (Å²) in [5.41, 5.74) is 1.30. The molecule has 1 unspecified atom stereocenters. The zero-order chi connectivity index (χ0) is 17.8. The van der Waals surface area contributed by atoms with Crippen LogP contribution in [0.15, 0.2) is 30.3 Å². The lowest BCUT2D eigenvalue weighted by atomic mass is 10.1. The largest absolute Gasteiger partial charge is 0.331 e. The summed E-state index contributed by atoms with van der Waals surface area (Å²) in [5, 5.41) is 7.25. The normalized spacial score (nSPS) is 19.2. The number of H-pyrrole nitrogens is 1. The molecule has 2 heterocycles. The van der Waals surface area contributed by atoms with Gasteiger partial charge in [0.25, 0.3) is 0 Å². The van der Waals surface area contributed by atoms with E-state index in [9.17, 15) is 4.79 Å². The summed E-state index contributed by atoms with van der Waals surface area (Å²) in [6.07, 6.45) is 0.850. The Kier molecular flexibility index (Phi) is 5.48. The van der Waals surface area contributed by atoms with Crippen LogP contribution < -0.4 is 0 Å². The molecule has 6 heteroatoms. The number of rotatable bonds is 4. The summed E-state index contributed by atoms with van der Waals surface area (Å²) in [6, 6.07) is 10.4. The van der Waals surface area contributed by atoms with Crippen molar-refractivity contribution in [1.29, 1.82) is 0 Å². The number of nitrogens with zero attached hydrogens (tertiary/aromatic N) is 4. The van der Waals surface area contributed by atoms with Gasteiger partial charge in [-0.1, -0.05) is 44.2 Å². The average Bonchev–Trinajstić information content (AvgIpc) is 2.92. The van der Waals surface area contributed by atoms with Gasteiger partial charge in [-0.05, 0) is 18.9 Å². The Bertz CT molecular complexity index is 697. The van der Waals surface area contributed by atoms with Crippen molar-refractivity contribution in [2.45, 2.75) is 39.8 Å². The minimum absolute atomic E-state index is 0.0248. The van der Waals surface area contributed by atoms with Gasteiger partial charge in [0.15, 0.2) is 5.82 Å². The van der Waals surface area contributed by atoms with Crippen LogP contribution in [-0.2, 0) is 11.3 Å². The summed E-state index contributed by atoms with van der Waals surface area (Å²) in [4.78, 5) is 21.6. The van der Waals surface area contributed by atoms with E-state index in [1.54, 1.807) is 0 Å². The fourth-order valence-electron chi connectivity index (χ4n) is 3.35. The fraction of sp³-hybridized carbons (Fsp3) is 0.526. The maximum absolute atomic E-state index is 12.7. The molecule has 1 aromatic heterocycles. The van der Waals surface area contributed by atoms with Gasteiger partial charge in [0.2, 0.25) is 5.91 Å². The molecule has 1 saturated heterocycles. The van der Waals surface area contributed by atoms with E-state index < -0.39 is 0 Å². The number of amides is 1. The van der Waals surface area contributed by atoms with Gasteiger partial charge in [-0.2, -0.15) is 5.10 Å². The van der Waals surface area contributed by atoms with Crippen LogP contribution in [0.2, 0.25) is 0 Å². The maximum Gasteiger partial charge on any atom is 0.225 e. The van der Waals surface area contributed by atoms with E-state index in [1.807, 2.05) is 31.7 Å². The van der Waals surface area contributed by atoms with Gasteiger partial charge in [-0.15, -0.1) is 0 Å². The van der Waals surface area contributed by atoms with Gasteiger partial charge in [0.1, 0.15) is 5.82 Å². The highest BCUT2D eigenvalue weighted by atomic mass is 16.2. The quantitative estimate of drug-likeness (QED) is 0.928. The van der Waals surface area contributed by atoms with E-state index in [1.165, 1.54) is 5.56 Å². The molecule has 1 aromatic carbocycles. The minimum atomic E-state index is -0.0550. The number of aromatic amines is 1. The van der Waals surface area contributed by atoms with E-state index in [4.69, 9.17) is 0 Å². The smallest absolute Gasteiger partial charge is 0.225 e. The molecule has 25 heavy (non-hydrogen) atoms. The first-order valence-electron chi connectivity index (χ1n) is 9.00. The van der Waals surface area contributed by atoms with Gasteiger partial charge in [0.05, 0.1) is 6.04 Å². The van der Waals surface area contributed by atoms with E-state index in [-0.39, 0.29) is 17.9 Å². The number of aryl methyl sites for hydroxylation is 1. The Hall–Kier alpha value is -2.21. The van der Waals surface area contributed by atoms with Crippen molar-refractivity contribution in [2.75, 3.05) is 19.6 Å². The van der Waals surface area contributed by atoms with Crippen LogP contribution >= 0.6 is 0 Å². The molecule has 0 aliphatic carbocycles. The van der Waals surface area contributed by atoms with Crippen LogP contribution in [0.25, 0.3) is 0 Å². The van der Waals surface area contributed by atoms with Gasteiger partial charge in [0, 0.05) is 32.1 Å². The molecule has 0 spiro atoms. The van der Waals surface area contributed by atoms with Crippen molar-refractivity contribution in [2.24, 2.45) is 5.92 Å². The average molecular weight is 341 g/mol. The van der Waals surface area contributed by atoms with Crippen molar-refractivity contribution >= 4 is 5.91 Å². The summed E-state index contributed by atoms with van der Waals surface area (Å²) in [5.74, 6) is 1.67. The third-order valence-corrected chi connectivity index (χ3v) is 4.69. The Morgan fingerprint density at radius 2 is 2.00 bits per heavy atom. The SMILES string of the molecule is Cc1nc(C2CCN(Cc3ccccc3)CCN2C(=O)C(C)C)n[nH]1. The monoisotopic (exact) mass is 341 g/mol. The molecule has 1 amide bonds. The highest BCUT2D eigenvalue weighted by Gasteiger charge is 2.32. The second-order valence-corrected chi connectivity index (χ2v) is 7.03. The number of benzene rings is 1. The van der Waals surface area contributed by atoms with Gasteiger partial charge in [-0.25, -0.2) is 4.98 Å². The topological polar surface area (TPSA) is 65.1 Å². The van der Waals surface area contributed by atoms with E-state index in [0.29, 0.717) is 6.54 Å². The molecule has 1 atom stereocenters. The highest BCUT2D eigenvalue weighted by molar-refractivity contribution is 5.78. The molecule has 1 aliphatic rings. The van der Waals surface area contributed by atoms with Crippen LogP contribution in [0.1, 0.15) is 43.5 Å². The molecule has 0 saturated carbocycles. The zero-order valence-electron chi connectivity index (χ0n) is 15.3. The summed E-state index contributed by atoms with van der Waals surface area (Å²) < 4.78 is 0. The van der Waals surface area contributed by atoms with Crippen molar-refractivity contribution in [3.05, 3.63) is 47.5 Å².